The summed E-state index contributed by atoms with van der Waals surface area (Å²) in [6.45, 7) is 6.28. The molecule has 1 heteroatoms. The minimum absolute atomic E-state index is 0.318. The Labute approximate surface area is 93.9 Å². The highest BCUT2D eigenvalue weighted by atomic mass is 16.1. The van der Waals surface area contributed by atoms with Gasteiger partial charge < -0.3 is 0 Å². The SMILES string of the molecule is CC(=O)C1CC=C(CCCC(C)C)CC1. The summed E-state index contributed by atoms with van der Waals surface area (Å²) >= 11 is 0. The van der Waals surface area contributed by atoms with Gasteiger partial charge in [0, 0.05) is 5.92 Å². The van der Waals surface area contributed by atoms with E-state index in [1.807, 2.05) is 0 Å². The van der Waals surface area contributed by atoms with Gasteiger partial charge in [-0.2, -0.15) is 0 Å². The fourth-order valence-corrected chi connectivity index (χ4v) is 2.22. The van der Waals surface area contributed by atoms with E-state index in [1.54, 1.807) is 12.5 Å². The van der Waals surface area contributed by atoms with Gasteiger partial charge in [-0.25, -0.2) is 0 Å². The smallest absolute Gasteiger partial charge is 0.133 e. The third-order valence-electron chi connectivity index (χ3n) is 3.36. The van der Waals surface area contributed by atoms with Crippen molar-refractivity contribution < 1.29 is 4.79 Å². The van der Waals surface area contributed by atoms with Crippen LogP contribution in [0, 0.1) is 11.8 Å². The van der Waals surface area contributed by atoms with Crippen molar-refractivity contribution in [2.75, 3.05) is 0 Å². The van der Waals surface area contributed by atoms with E-state index in [0.29, 0.717) is 11.7 Å². The Morgan fingerprint density at radius 3 is 2.73 bits per heavy atom. The van der Waals surface area contributed by atoms with Gasteiger partial charge in [0.1, 0.15) is 5.78 Å². The summed E-state index contributed by atoms with van der Waals surface area (Å²) in [5.41, 5.74) is 1.59. The number of hydrogen-bond acceptors (Lipinski definition) is 1. The molecule has 0 aliphatic heterocycles. The van der Waals surface area contributed by atoms with Gasteiger partial charge in [-0.15, -0.1) is 0 Å². The molecule has 1 nitrogen and oxygen atoms in total. The van der Waals surface area contributed by atoms with Crippen molar-refractivity contribution in [3.8, 4) is 0 Å². The molecule has 0 bridgehead atoms. The van der Waals surface area contributed by atoms with E-state index in [0.717, 1.165) is 25.2 Å². The molecule has 0 radical (unpaired) electrons. The fourth-order valence-electron chi connectivity index (χ4n) is 2.22. The molecule has 0 amide bonds. The van der Waals surface area contributed by atoms with Crippen molar-refractivity contribution in [2.24, 2.45) is 11.8 Å². The van der Waals surface area contributed by atoms with Crippen LogP contribution in [-0.4, -0.2) is 5.78 Å². The molecular weight excluding hydrogens is 184 g/mol. The molecule has 15 heavy (non-hydrogen) atoms. The Balaban J connectivity index is 2.25. The standard InChI is InChI=1S/C14H24O/c1-11(2)5-4-6-13-7-9-14(10-8-13)12(3)15/h7,11,14H,4-6,8-10H2,1-3H3. The first-order valence-corrected chi connectivity index (χ1v) is 6.28. The lowest BCUT2D eigenvalue weighted by Crippen LogP contribution is -2.13. The first-order chi connectivity index (χ1) is 7.09. The quantitative estimate of drug-likeness (QED) is 0.621. The van der Waals surface area contributed by atoms with Gasteiger partial charge in [0.25, 0.3) is 0 Å². The summed E-state index contributed by atoms with van der Waals surface area (Å²) in [6.07, 6.45) is 9.44. The van der Waals surface area contributed by atoms with Gasteiger partial charge in [-0.1, -0.05) is 31.9 Å². The molecule has 1 rings (SSSR count). The largest absolute Gasteiger partial charge is 0.300 e. The molecule has 0 spiro atoms. The molecule has 0 N–H and O–H groups in total. The molecule has 1 unspecified atom stereocenters. The monoisotopic (exact) mass is 208 g/mol. The topological polar surface area (TPSA) is 17.1 Å². The third-order valence-corrected chi connectivity index (χ3v) is 3.36. The second-order valence-corrected chi connectivity index (χ2v) is 5.23. The molecule has 0 aromatic heterocycles. The maximum absolute atomic E-state index is 11.2. The Hall–Kier alpha value is -0.590. The Bertz CT molecular complexity index is 238. The second-order valence-electron chi connectivity index (χ2n) is 5.23. The van der Waals surface area contributed by atoms with E-state index in [4.69, 9.17) is 0 Å². The van der Waals surface area contributed by atoms with Crippen LogP contribution in [0.25, 0.3) is 0 Å². The van der Waals surface area contributed by atoms with Crippen LogP contribution < -0.4 is 0 Å². The van der Waals surface area contributed by atoms with Crippen LogP contribution in [0.1, 0.15) is 59.3 Å². The molecule has 86 valence electrons. The highest BCUT2D eigenvalue weighted by Crippen LogP contribution is 2.27. The van der Waals surface area contributed by atoms with E-state index in [-0.39, 0.29) is 0 Å². The summed E-state index contributed by atoms with van der Waals surface area (Å²) in [7, 11) is 0. The first kappa shape index (κ1) is 12.5. The van der Waals surface area contributed by atoms with Crippen molar-refractivity contribution in [1.29, 1.82) is 0 Å². The van der Waals surface area contributed by atoms with Crippen LogP contribution in [0.4, 0.5) is 0 Å². The number of Topliss-reactive ketones (excluding diaryl/α,β-unsaturated/α-hetero) is 1. The number of allylic oxidation sites excluding steroid dienone is 2. The van der Waals surface area contributed by atoms with Crippen LogP contribution in [-0.2, 0) is 4.79 Å². The van der Waals surface area contributed by atoms with Gasteiger partial charge >= 0.3 is 0 Å². The molecule has 1 atom stereocenters. The summed E-state index contributed by atoms with van der Waals surface area (Å²) < 4.78 is 0. The normalized spacial score (nSPS) is 21.6. The number of carbonyl (C=O) groups is 1. The average molecular weight is 208 g/mol. The number of ketones is 1. The zero-order chi connectivity index (χ0) is 11.3. The predicted molar refractivity (Wildman–Crippen MR) is 64.8 cm³/mol. The Kier molecular flexibility index (Phi) is 5.07. The second kappa shape index (κ2) is 6.09. The highest BCUT2D eigenvalue weighted by molar-refractivity contribution is 5.78. The summed E-state index contributed by atoms with van der Waals surface area (Å²) in [5.74, 6) is 1.51. The number of rotatable bonds is 5. The van der Waals surface area contributed by atoms with E-state index < -0.39 is 0 Å². The lowest BCUT2D eigenvalue weighted by Gasteiger charge is -2.19. The molecule has 0 saturated carbocycles. The van der Waals surface area contributed by atoms with Gasteiger partial charge in [-0.05, 0) is 44.9 Å². The minimum atomic E-state index is 0.318. The minimum Gasteiger partial charge on any atom is -0.300 e. The fraction of sp³-hybridized carbons (Fsp3) is 0.786. The van der Waals surface area contributed by atoms with Crippen LogP contribution >= 0.6 is 0 Å². The molecule has 0 saturated heterocycles. The third kappa shape index (κ3) is 4.63. The van der Waals surface area contributed by atoms with E-state index in [9.17, 15) is 4.79 Å². The van der Waals surface area contributed by atoms with E-state index >= 15 is 0 Å². The van der Waals surface area contributed by atoms with Crippen molar-refractivity contribution in [3.63, 3.8) is 0 Å². The molecular formula is C14H24O. The van der Waals surface area contributed by atoms with Crippen LogP contribution in [0.15, 0.2) is 11.6 Å². The molecule has 0 aromatic carbocycles. The average Bonchev–Trinajstić information content (AvgIpc) is 2.18. The van der Waals surface area contributed by atoms with Crippen LogP contribution in [0.3, 0.4) is 0 Å². The zero-order valence-electron chi connectivity index (χ0n) is 10.4. The van der Waals surface area contributed by atoms with Crippen LogP contribution in [0.2, 0.25) is 0 Å². The Morgan fingerprint density at radius 1 is 1.53 bits per heavy atom. The summed E-state index contributed by atoms with van der Waals surface area (Å²) in [5, 5.41) is 0. The van der Waals surface area contributed by atoms with Crippen molar-refractivity contribution in [3.05, 3.63) is 11.6 Å². The van der Waals surface area contributed by atoms with Gasteiger partial charge in [0.2, 0.25) is 0 Å². The maximum Gasteiger partial charge on any atom is 0.133 e. The highest BCUT2D eigenvalue weighted by Gasteiger charge is 2.17. The van der Waals surface area contributed by atoms with Gasteiger partial charge in [0.15, 0.2) is 0 Å². The van der Waals surface area contributed by atoms with E-state index in [2.05, 4.69) is 19.9 Å². The number of hydrogen-bond donors (Lipinski definition) is 0. The number of carbonyl (C=O) groups excluding carboxylic acids is 1. The van der Waals surface area contributed by atoms with Gasteiger partial charge in [0.05, 0.1) is 0 Å². The lowest BCUT2D eigenvalue weighted by atomic mass is 9.85. The molecule has 0 fully saturated rings. The zero-order valence-corrected chi connectivity index (χ0v) is 10.4. The van der Waals surface area contributed by atoms with Gasteiger partial charge in [-0.3, -0.25) is 4.79 Å². The van der Waals surface area contributed by atoms with Crippen molar-refractivity contribution >= 4 is 5.78 Å². The maximum atomic E-state index is 11.2. The van der Waals surface area contributed by atoms with Crippen molar-refractivity contribution in [2.45, 2.75) is 59.3 Å². The molecule has 0 heterocycles. The predicted octanol–water partition coefficient (Wildman–Crippen LogP) is 4.13. The summed E-state index contributed by atoms with van der Waals surface area (Å²) in [4.78, 5) is 11.2. The molecule has 1 aliphatic carbocycles. The van der Waals surface area contributed by atoms with E-state index in [1.165, 1.54) is 19.3 Å². The van der Waals surface area contributed by atoms with Crippen molar-refractivity contribution in [1.82, 2.24) is 0 Å². The lowest BCUT2D eigenvalue weighted by molar-refractivity contribution is -0.120. The Morgan fingerprint density at radius 2 is 2.27 bits per heavy atom. The summed E-state index contributed by atoms with van der Waals surface area (Å²) in [6, 6.07) is 0. The first-order valence-electron chi connectivity index (χ1n) is 6.28. The molecule has 1 aliphatic rings. The molecule has 0 aromatic rings. The van der Waals surface area contributed by atoms with Crippen LogP contribution in [0.5, 0.6) is 0 Å².